The summed E-state index contributed by atoms with van der Waals surface area (Å²) < 4.78 is 0. The van der Waals surface area contributed by atoms with Gasteiger partial charge < -0.3 is 10.2 Å². The van der Waals surface area contributed by atoms with Crippen LogP contribution in [0.25, 0.3) is 0 Å². The zero-order valence-electron chi connectivity index (χ0n) is 18.1. The lowest BCUT2D eigenvalue weighted by Crippen LogP contribution is -2.04. The number of phenols is 2. The van der Waals surface area contributed by atoms with Crippen LogP contribution in [-0.4, -0.2) is 10.2 Å². The van der Waals surface area contributed by atoms with Crippen molar-refractivity contribution in [2.75, 3.05) is 0 Å². The molecule has 0 aromatic heterocycles. The third-order valence-corrected chi connectivity index (χ3v) is 5.03. The zero-order chi connectivity index (χ0) is 19.8. The van der Waals surface area contributed by atoms with Gasteiger partial charge in [-0.2, -0.15) is 0 Å². The molecule has 0 bridgehead atoms. The Morgan fingerprint density at radius 2 is 0.923 bits per heavy atom. The minimum Gasteiger partial charge on any atom is -0.508 e. The molecule has 0 saturated carbocycles. The first-order chi connectivity index (χ1) is 12.0. The fourth-order valence-corrected chi connectivity index (χ4v) is 3.36. The summed E-state index contributed by atoms with van der Waals surface area (Å²) in [7, 11) is 0. The van der Waals surface area contributed by atoms with E-state index in [-0.39, 0.29) is 0 Å². The van der Waals surface area contributed by atoms with E-state index < -0.39 is 0 Å². The molecule has 0 radical (unpaired) electrons. The van der Waals surface area contributed by atoms with Crippen LogP contribution < -0.4 is 0 Å². The number of aromatic hydroxyl groups is 2. The van der Waals surface area contributed by atoms with Crippen LogP contribution in [0.5, 0.6) is 11.5 Å². The number of hydrogen-bond acceptors (Lipinski definition) is 2. The molecule has 0 spiro atoms. The highest BCUT2D eigenvalue weighted by molar-refractivity contribution is 5.45. The molecule has 0 aliphatic heterocycles. The highest BCUT2D eigenvalue weighted by Crippen LogP contribution is 2.31. The number of unbranched alkanes of at least 4 members (excludes halogenated alkanes) is 4. The molecular formula is C24H42O2. The molecule has 1 aromatic carbocycles. The molecule has 2 nitrogen and oxygen atoms in total. The van der Waals surface area contributed by atoms with Gasteiger partial charge in [0.2, 0.25) is 0 Å². The number of rotatable bonds is 10. The van der Waals surface area contributed by atoms with Crippen LogP contribution >= 0.6 is 0 Å². The molecule has 2 N–H and O–H groups in total. The van der Waals surface area contributed by atoms with Crippen LogP contribution in [0.1, 0.15) is 104 Å². The van der Waals surface area contributed by atoms with E-state index in [1.807, 2.05) is 0 Å². The third kappa shape index (κ3) is 10.1. The standard InChI is InChI=1S/C24H42O2/c1-23(2,3)15-11-8-7-9-13-19-17-22(26)20(18-21(19)25)14-10-12-16-24(4,5)6/h17-18,25-26H,7-16H2,1-6H3. The SMILES string of the molecule is CC(C)(C)CCCCCCc1cc(O)c(CCCCC(C)(C)C)cc1O. The lowest BCUT2D eigenvalue weighted by Gasteiger charge is -2.18. The van der Waals surface area contributed by atoms with E-state index in [9.17, 15) is 10.2 Å². The minimum atomic E-state index is 0.348. The summed E-state index contributed by atoms with van der Waals surface area (Å²) in [6, 6.07) is 3.56. The van der Waals surface area contributed by atoms with Gasteiger partial charge in [0.1, 0.15) is 11.5 Å². The second-order valence-electron chi connectivity index (χ2n) is 10.4. The Morgan fingerprint density at radius 1 is 0.577 bits per heavy atom. The van der Waals surface area contributed by atoms with E-state index in [1.54, 1.807) is 12.1 Å². The summed E-state index contributed by atoms with van der Waals surface area (Å²) in [5.41, 5.74) is 2.55. The maximum absolute atomic E-state index is 10.3. The number of aryl methyl sites for hydroxylation is 2. The lowest BCUT2D eigenvalue weighted by atomic mass is 9.89. The molecule has 0 fully saturated rings. The van der Waals surface area contributed by atoms with Crippen molar-refractivity contribution in [3.05, 3.63) is 23.3 Å². The molecule has 0 heterocycles. The second kappa shape index (κ2) is 10.2. The van der Waals surface area contributed by atoms with E-state index >= 15 is 0 Å². The fraction of sp³-hybridized carbons (Fsp3) is 0.750. The molecule has 0 aliphatic rings. The Labute approximate surface area is 162 Å². The largest absolute Gasteiger partial charge is 0.508 e. The van der Waals surface area contributed by atoms with Crippen molar-refractivity contribution >= 4 is 0 Å². The quantitative estimate of drug-likeness (QED) is 0.336. The van der Waals surface area contributed by atoms with Gasteiger partial charge in [0.25, 0.3) is 0 Å². The predicted octanol–water partition coefficient (Wildman–Crippen LogP) is 7.40. The van der Waals surface area contributed by atoms with Gasteiger partial charge in [0.15, 0.2) is 0 Å². The van der Waals surface area contributed by atoms with Crippen LogP contribution in [0.2, 0.25) is 0 Å². The van der Waals surface area contributed by atoms with Crippen molar-refractivity contribution in [1.29, 1.82) is 0 Å². The Hall–Kier alpha value is -1.18. The van der Waals surface area contributed by atoms with Crippen LogP contribution in [0.4, 0.5) is 0 Å². The highest BCUT2D eigenvalue weighted by atomic mass is 16.3. The van der Waals surface area contributed by atoms with Crippen molar-refractivity contribution < 1.29 is 10.2 Å². The summed E-state index contributed by atoms with van der Waals surface area (Å²) in [6.45, 7) is 13.6. The normalized spacial score (nSPS) is 12.5. The molecule has 150 valence electrons. The molecule has 0 saturated heterocycles. The molecular weight excluding hydrogens is 320 g/mol. The molecule has 0 amide bonds. The molecule has 0 atom stereocenters. The number of hydrogen-bond donors (Lipinski definition) is 2. The summed E-state index contributed by atoms with van der Waals surface area (Å²) in [6.07, 6.45) is 11.1. The van der Waals surface area contributed by atoms with E-state index in [2.05, 4.69) is 41.5 Å². The first-order valence-corrected chi connectivity index (χ1v) is 10.5. The van der Waals surface area contributed by atoms with Crippen LogP contribution in [0.15, 0.2) is 12.1 Å². The van der Waals surface area contributed by atoms with Crippen molar-refractivity contribution in [1.82, 2.24) is 0 Å². The topological polar surface area (TPSA) is 40.5 Å². The predicted molar refractivity (Wildman–Crippen MR) is 113 cm³/mol. The van der Waals surface area contributed by atoms with Crippen molar-refractivity contribution in [2.45, 2.75) is 106 Å². The summed E-state index contributed by atoms with van der Waals surface area (Å²) in [4.78, 5) is 0. The van der Waals surface area contributed by atoms with Gasteiger partial charge >= 0.3 is 0 Å². The molecule has 26 heavy (non-hydrogen) atoms. The van der Waals surface area contributed by atoms with Gasteiger partial charge in [-0.05, 0) is 72.6 Å². The molecule has 1 rings (SSSR count). The zero-order valence-corrected chi connectivity index (χ0v) is 18.1. The number of benzene rings is 1. The van der Waals surface area contributed by atoms with E-state index in [0.717, 1.165) is 43.2 Å². The second-order valence-corrected chi connectivity index (χ2v) is 10.4. The van der Waals surface area contributed by atoms with Crippen LogP contribution in [0, 0.1) is 10.8 Å². The van der Waals surface area contributed by atoms with Crippen LogP contribution in [0.3, 0.4) is 0 Å². The Bertz CT molecular complexity index is 532. The highest BCUT2D eigenvalue weighted by Gasteiger charge is 2.12. The van der Waals surface area contributed by atoms with E-state index in [4.69, 9.17) is 0 Å². The number of phenolic OH excluding ortho intramolecular Hbond substituents is 2. The van der Waals surface area contributed by atoms with Gasteiger partial charge in [-0.3, -0.25) is 0 Å². The van der Waals surface area contributed by atoms with Gasteiger partial charge in [-0.25, -0.2) is 0 Å². The summed E-state index contributed by atoms with van der Waals surface area (Å²) >= 11 is 0. The first-order valence-electron chi connectivity index (χ1n) is 10.5. The Balaban J connectivity index is 2.39. The van der Waals surface area contributed by atoms with Gasteiger partial charge in [-0.15, -0.1) is 0 Å². The smallest absolute Gasteiger partial charge is 0.119 e. The third-order valence-electron chi connectivity index (χ3n) is 5.03. The summed E-state index contributed by atoms with van der Waals surface area (Å²) in [5.74, 6) is 0.699. The van der Waals surface area contributed by atoms with Crippen LogP contribution in [-0.2, 0) is 12.8 Å². The Morgan fingerprint density at radius 3 is 1.35 bits per heavy atom. The molecule has 2 heteroatoms. The van der Waals surface area contributed by atoms with Crippen molar-refractivity contribution in [3.8, 4) is 11.5 Å². The van der Waals surface area contributed by atoms with E-state index in [1.165, 1.54) is 32.1 Å². The molecule has 0 unspecified atom stereocenters. The van der Waals surface area contributed by atoms with Crippen molar-refractivity contribution in [2.24, 2.45) is 10.8 Å². The molecule has 0 aliphatic carbocycles. The summed E-state index contributed by atoms with van der Waals surface area (Å²) in [5, 5.41) is 20.6. The average Bonchev–Trinajstić information content (AvgIpc) is 2.49. The maximum atomic E-state index is 10.3. The maximum Gasteiger partial charge on any atom is 0.119 e. The van der Waals surface area contributed by atoms with Crippen molar-refractivity contribution in [3.63, 3.8) is 0 Å². The van der Waals surface area contributed by atoms with E-state index in [0.29, 0.717) is 22.3 Å². The van der Waals surface area contributed by atoms with Gasteiger partial charge in [0, 0.05) is 0 Å². The monoisotopic (exact) mass is 362 g/mol. The molecule has 1 aromatic rings. The van der Waals surface area contributed by atoms with Gasteiger partial charge in [-0.1, -0.05) is 67.2 Å². The fourth-order valence-electron chi connectivity index (χ4n) is 3.36. The first kappa shape index (κ1) is 22.9. The lowest BCUT2D eigenvalue weighted by molar-refractivity contribution is 0.357. The average molecular weight is 363 g/mol. The Kier molecular flexibility index (Phi) is 9.00. The minimum absolute atomic E-state index is 0.348. The van der Waals surface area contributed by atoms with Gasteiger partial charge in [0.05, 0.1) is 0 Å².